The summed E-state index contributed by atoms with van der Waals surface area (Å²) in [5.74, 6) is -0.437. The molecule has 3 N–H and O–H groups in total. The predicted molar refractivity (Wildman–Crippen MR) is 132 cm³/mol. The van der Waals surface area contributed by atoms with Gasteiger partial charge in [-0.1, -0.05) is 37.3 Å². The minimum atomic E-state index is -0.622. The highest BCUT2D eigenvalue weighted by atomic mass is 32.1. The molecule has 0 saturated heterocycles. The van der Waals surface area contributed by atoms with Crippen molar-refractivity contribution in [1.29, 1.82) is 0 Å². The summed E-state index contributed by atoms with van der Waals surface area (Å²) in [6.45, 7) is 2.02. The first-order valence-corrected chi connectivity index (χ1v) is 12.3. The first-order chi connectivity index (χ1) is 15.9. The fraction of sp³-hybridized carbons (Fsp3) is 0.250. The number of hydrogen-bond donors (Lipinski definition) is 2. The number of thiophene rings is 2. The first-order valence-electron chi connectivity index (χ1n) is 10.7. The van der Waals surface area contributed by atoms with Gasteiger partial charge in [0, 0.05) is 9.75 Å². The van der Waals surface area contributed by atoms with E-state index >= 15 is 0 Å². The van der Waals surface area contributed by atoms with Gasteiger partial charge in [0.05, 0.1) is 17.3 Å². The molecule has 2 amide bonds. The van der Waals surface area contributed by atoms with Gasteiger partial charge in [-0.05, 0) is 42.4 Å². The van der Waals surface area contributed by atoms with E-state index in [-0.39, 0.29) is 17.7 Å². The quantitative estimate of drug-likeness (QED) is 0.451. The minimum Gasteiger partial charge on any atom is -0.366 e. The molecule has 7 nitrogen and oxygen atoms in total. The average Bonchev–Trinajstić information content (AvgIpc) is 3.37. The lowest BCUT2D eigenvalue weighted by atomic mass is 9.89. The van der Waals surface area contributed by atoms with Crippen LogP contribution in [0.5, 0.6) is 0 Å². The van der Waals surface area contributed by atoms with Crippen LogP contribution in [0.4, 0.5) is 5.00 Å². The number of carbonyl (C=O) groups excluding carboxylic acids is 2. The molecule has 1 aromatic carbocycles. The van der Waals surface area contributed by atoms with Crippen LogP contribution in [-0.4, -0.2) is 21.4 Å². The summed E-state index contributed by atoms with van der Waals surface area (Å²) in [7, 11) is 0. The second kappa shape index (κ2) is 8.57. The maximum atomic E-state index is 13.2. The number of anilines is 1. The Morgan fingerprint density at radius 2 is 2.03 bits per heavy atom. The Labute approximate surface area is 197 Å². The van der Waals surface area contributed by atoms with Gasteiger partial charge in [-0.15, -0.1) is 22.7 Å². The third-order valence-electron chi connectivity index (χ3n) is 5.90. The molecule has 0 saturated carbocycles. The second-order valence-corrected chi connectivity index (χ2v) is 10.5. The molecule has 168 valence electrons. The zero-order chi connectivity index (χ0) is 23.1. The molecular weight excluding hydrogens is 456 g/mol. The van der Waals surface area contributed by atoms with Crippen molar-refractivity contribution in [2.75, 3.05) is 5.32 Å². The van der Waals surface area contributed by atoms with Gasteiger partial charge in [-0.3, -0.25) is 19.0 Å². The van der Waals surface area contributed by atoms with Crippen LogP contribution < -0.4 is 16.6 Å². The Hall–Kier alpha value is -3.30. The number of carbonyl (C=O) groups is 2. The van der Waals surface area contributed by atoms with E-state index < -0.39 is 11.8 Å². The zero-order valence-electron chi connectivity index (χ0n) is 18.0. The van der Waals surface area contributed by atoms with Crippen LogP contribution in [0.25, 0.3) is 20.7 Å². The van der Waals surface area contributed by atoms with Crippen molar-refractivity contribution < 1.29 is 9.59 Å². The van der Waals surface area contributed by atoms with Gasteiger partial charge >= 0.3 is 0 Å². The smallest absolute Gasteiger partial charge is 0.262 e. The molecule has 33 heavy (non-hydrogen) atoms. The molecule has 0 bridgehead atoms. The van der Waals surface area contributed by atoms with Gasteiger partial charge in [-0.25, -0.2) is 4.98 Å². The highest BCUT2D eigenvalue weighted by Gasteiger charge is 2.24. The van der Waals surface area contributed by atoms with Gasteiger partial charge in [-0.2, -0.15) is 0 Å². The third kappa shape index (κ3) is 4.09. The summed E-state index contributed by atoms with van der Waals surface area (Å²) in [4.78, 5) is 45.2. The molecule has 4 aromatic rings. The van der Waals surface area contributed by atoms with Crippen molar-refractivity contribution in [3.8, 4) is 10.4 Å². The van der Waals surface area contributed by atoms with Gasteiger partial charge in [0.2, 0.25) is 5.91 Å². The molecule has 1 aliphatic rings. The van der Waals surface area contributed by atoms with Crippen molar-refractivity contribution in [1.82, 2.24) is 9.55 Å². The summed E-state index contributed by atoms with van der Waals surface area (Å²) in [5, 5.41) is 3.77. The van der Waals surface area contributed by atoms with Gasteiger partial charge < -0.3 is 11.1 Å². The molecule has 5 rings (SSSR count). The van der Waals surface area contributed by atoms with E-state index in [1.807, 2.05) is 30.3 Å². The summed E-state index contributed by atoms with van der Waals surface area (Å²) in [5.41, 5.74) is 7.59. The fourth-order valence-electron chi connectivity index (χ4n) is 4.21. The van der Waals surface area contributed by atoms with E-state index in [0.717, 1.165) is 40.1 Å². The molecule has 0 unspecified atom stereocenters. The van der Waals surface area contributed by atoms with Crippen molar-refractivity contribution in [2.24, 2.45) is 11.7 Å². The molecule has 0 radical (unpaired) electrons. The standard InChI is InChI=1S/C24H22N4O3S2/c1-13-7-8-15-18(9-13)33-23-20(15)24(31)28(12-26-23)11-19(29)27-22-16(21(25)30)10-17(32-22)14-5-3-2-4-6-14/h2-6,10,12-13H,7-9,11H2,1H3,(H2,25,30)(H,27,29)/t13-/m0/s1. The van der Waals surface area contributed by atoms with Crippen molar-refractivity contribution in [3.63, 3.8) is 0 Å². The monoisotopic (exact) mass is 478 g/mol. The van der Waals surface area contributed by atoms with Crippen LogP contribution in [0, 0.1) is 5.92 Å². The minimum absolute atomic E-state index is 0.195. The Morgan fingerprint density at radius 3 is 2.79 bits per heavy atom. The molecule has 1 atom stereocenters. The molecule has 9 heteroatoms. The van der Waals surface area contributed by atoms with E-state index in [1.54, 1.807) is 17.4 Å². The number of hydrogen-bond acceptors (Lipinski definition) is 6. The molecule has 1 aliphatic carbocycles. The number of aromatic nitrogens is 2. The van der Waals surface area contributed by atoms with E-state index in [4.69, 9.17) is 5.73 Å². The Kier molecular flexibility index (Phi) is 5.59. The van der Waals surface area contributed by atoms with E-state index in [0.29, 0.717) is 16.3 Å². The fourth-order valence-corrected chi connectivity index (χ4v) is 6.64. The number of aryl methyl sites for hydroxylation is 1. The van der Waals surface area contributed by atoms with Crippen LogP contribution in [0.1, 0.15) is 34.1 Å². The lowest BCUT2D eigenvalue weighted by molar-refractivity contribution is -0.116. The van der Waals surface area contributed by atoms with Gasteiger partial charge in [0.1, 0.15) is 16.4 Å². The van der Waals surface area contributed by atoms with Gasteiger partial charge in [0.25, 0.3) is 11.5 Å². The largest absolute Gasteiger partial charge is 0.366 e. The normalized spacial score (nSPS) is 15.4. The number of primary amides is 1. The van der Waals surface area contributed by atoms with Crippen molar-refractivity contribution >= 4 is 49.7 Å². The summed E-state index contributed by atoms with van der Waals surface area (Å²) in [6.07, 6.45) is 4.30. The SMILES string of the molecule is C[C@H]1CCc2c(sc3ncn(CC(=O)Nc4sc(-c5ccccc5)cc4C(N)=O)c(=O)c23)C1. The van der Waals surface area contributed by atoms with Crippen molar-refractivity contribution in [2.45, 2.75) is 32.7 Å². The Morgan fingerprint density at radius 1 is 1.24 bits per heavy atom. The summed E-state index contributed by atoms with van der Waals surface area (Å²) >= 11 is 2.85. The maximum absolute atomic E-state index is 13.2. The first kappa shape index (κ1) is 21.5. The number of benzene rings is 1. The molecule has 0 fully saturated rings. The van der Waals surface area contributed by atoms with Crippen LogP contribution in [0.3, 0.4) is 0 Å². The lowest BCUT2D eigenvalue weighted by Gasteiger charge is -2.17. The summed E-state index contributed by atoms with van der Waals surface area (Å²) < 4.78 is 1.33. The lowest BCUT2D eigenvalue weighted by Crippen LogP contribution is -2.28. The molecule has 3 heterocycles. The molecule has 3 aromatic heterocycles. The van der Waals surface area contributed by atoms with Crippen molar-refractivity contribution in [3.05, 3.63) is 69.1 Å². The van der Waals surface area contributed by atoms with E-state index in [9.17, 15) is 14.4 Å². The Bertz CT molecular complexity index is 1440. The molecule has 0 aliphatic heterocycles. The number of fused-ring (bicyclic) bond motifs is 3. The maximum Gasteiger partial charge on any atom is 0.262 e. The average molecular weight is 479 g/mol. The van der Waals surface area contributed by atoms with Crippen LogP contribution in [-0.2, 0) is 24.2 Å². The number of nitrogens with two attached hydrogens (primary N) is 1. The van der Waals surface area contributed by atoms with E-state index in [1.165, 1.54) is 27.1 Å². The second-order valence-electron chi connectivity index (χ2n) is 8.34. The number of nitrogens with zero attached hydrogens (tertiary/aromatic N) is 2. The van der Waals surface area contributed by atoms with E-state index in [2.05, 4.69) is 17.2 Å². The molecule has 0 spiro atoms. The van der Waals surface area contributed by atoms with Crippen LogP contribution >= 0.6 is 22.7 Å². The number of amides is 2. The number of rotatable bonds is 5. The van der Waals surface area contributed by atoms with Gasteiger partial charge in [0.15, 0.2) is 0 Å². The predicted octanol–water partition coefficient (Wildman–Crippen LogP) is 4.05. The van der Waals surface area contributed by atoms with Crippen LogP contribution in [0.15, 0.2) is 47.5 Å². The topological polar surface area (TPSA) is 107 Å². The highest BCUT2D eigenvalue weighted by Crippen LogP contribution is 2.36. The number of nitrogens with one attached hydrogen (secondary N) is 1. The summed E-state index contributed by atoms with van der Waals surface area (Å²) in [6, 6.07) is 11.2. The van der Waals surface area contributed by atoms with Crippen LogP contribution in [0.2, 0.25) is 0 Å². The zero-order valence-corrected chi connectivity index (χ0v) is 19.6. The highest BCUT2D eigenvalue weighted by molar-refractivity contribution is 7.20. The Balaban J connectivity index is 1.42. The third-order valence-corrected chi connectivity index (χ3v) is 8.17. The molecular formula is C24H22N4O3S2.